The quantitative estimate of drug-likeness (QED) is 0.328. The summed E-state index contributed by atoms with van der Waals surface area (Å²) in [5, 5.41) is 16.0. The highest BCUT2D eigenvalue weighted by Crippen LogP contribution is 2.45. The monoisotopic (exact) mass is 610 g/mol. The molecule has 4 fully saturated rings. The average molecular weight is 611 g/mol. The van der Waals surface area contributed by atoms with Crippen molar-refractivity contribution in [2.75, 3.05) is 37.7 Å². The Morgan fingerprint density at radius 3 is 2.98 bits per heavy atom. The van der Waals surface area contributed by atoms with Gasteiger partial charge in [-0.3, -0.25) is 4.90 Å². The molecule has 0 aliphatic carbocycles. The Labute approximate surface area is 258 Å². The highest BCUT2D eigenvalue weighted by Gasteiger charge is 2.50. The standard InChI is InChI=1S/C34H32F2N6O3/c1-2-18-5-3-6-19-11-22(43)12-23(26(18)19)29-28(36)30-27-31(42-15-21-7-8-24(37-21)25(42)16-44-32(27)38-29)40-33(39-30)45-17-34-9-4-10-41(34)14-20(35)13-34/h1,3,5-6,11-12,20-21,24-25,37,43H,4,7-10,13-17H2/t20-,21-,24+,25+,34-/m0/s1. The fraction of sp³-hybridized carbons (Fsp3) is 0.441. The molecule has 0 amide bonds. The number of anilines is 1. The van der Waals surface area contributed by atoms with E-state index in [1.54, 1.807) is 18.2 Å². The number of rotatable bonds is 4. The topological polar surface area (TPSA) is 95.9 Å². The van der Waals surface area contributed by atoms with Crippen LogP contribution in [0.15, 0.2) is 30.3 Å². The van der Waals surface area contributed by atoms with Crippen LogP contribution in [0.2, 0.25) is 0 Å². The molecule has 2 aromatic carbocycles. The van der Waals surface area contributed by atoms with Gasteiger partial charge >= 0.3 is 6.01 Å². The van der Waals surface area contributed by atoms with Crippen molar-refractivity contribution in [2.45, 2.75) is 61.9 Å². The van der Waals surface area contributed by atoms with Gasteiger partial charge in [0.1, 0.15) is 47.5 Å². The second kappa shape index (κ2) is 9.86. The number of terminal acetylenes is 1. The van der Waals surface area contributed by atoms with Crippen molar-refractivity contribution in [2.24, 2.45) is 0 Å². The van der Waals surface area contributed by atoms with Crippen molar-refractivity contribution in [3.8, 4) is 41.2 Å². The molecule has 2 aromatic heterocycles. The van der Waals surface area contributed by atoms with E-state index in [9.17, 15) is 9.50 Å². The van der Waals surface area contributed by atoms with Crippen LogP contribution in [0.25, 0.3) is 32.9 Å². The van der Waals surface area contributed by atoms with Crippen LogP contribution in [0.4, 0.5) is 14.6 Å². The summed E-state index contributed by atoms with van der Waals surface area (Å²) in [6.45, 7) is 2.47. The number of benzene rings is 2. The number of hydrogen-bond donors (Lipinski definition) is 2. The maximum atomic E-state index is 17.0. The first-order valence-corrected chi connectivity index (χ1v) is 15.7. The molecule has 11 heteroatoms. The molecule has 9 nitrogen and oxygen atoms in total. The van der Waals surface area contributed by atoms with Gasteiger partial charge < -0.3 is 24.8 Å². The number of aromatic nitrogens is 3. The molecule has 45 heavy (non-hydrogen) atoms. The molecular weight excluding hydrogens is 578 g/mol. The fourth-order valence-electron chi connectivity index (χ4n) is 8.53. The number of hydrogen-bond acceptors (Lipinski definition) is 9. The van der Waals surface area contributed by atoms with Gasteiger partial charge in [0.2, 0.25) is 5.88 Å². The minimum atomic E-state index is -0.899. The Balaban J connectivity index is 1.24. The second-order valence-corrected chi connectivity index (χ2v) is 13.1. The van der Waals surface area contributed by atoms with Gasteiger partial charge in [0.15, 0.2) is 5.82 Å². The molecule has 2 N–H and O–H groups in total. The van der Waals surface area contributed by atoms with Gasteiger partial charge in [-0.05, 0) is 55.8 Å². The third-order valence-corrected chi connectivity index (χ3v) is 10.5. The van der Waals surface area contributed by atoms with E-state index in [0.717, 1.165) is 32.2 Å². The van der Waals surface area contributed by atoms with Crippen LogP contribution >= 0.6 is 0 Å². The molecule has 230 valence electrons. The number of phenolic OH excluding ortho intramolecular Hbond substituents is 1. The summed E-state index contributed by atoms with van der Waals surface area (Å²) in [5.41, 5.74) is 0.457. The van der Waals surface area contributed by atoms with Crippen LogP contribution in [-0.2, 0) is 0 Å². The van der Waals surface area contributed by atoms with Crippen LogP contribution in [0, 0.1) is 18.2 Å². The van der Waals surface area contributed by atoms with Gasteiger partial charge in [-0.15, -0.1) is 6.42 Å². The number of alkyl halides is 1. The largest absolute Gasteiger partial charge is 0.508 e. The lowest BCUT2D eigenvalue weighted by Gasteiger charge is -2.40. The lowest BCUT2D eigenvalue weighted by atomic mass is 9.95. The molecule has 4 aromatic rings. The van der Waals surface area contributed by atoms with E-state index in [4.69, 9.17) is 25.9 Å². The van der Waals surface area contributed by atoms with Gasteiger partial charge in [0, 0.05) is 48.1 Å². The molecule has 0 unspecified atom stereocenters. The predicted molar refractivity (Wildman–Crippen MR) is 165 cm³/mol. The highest BCUT2D eigenvalue weighted by molar-refractivity contribution is 6.04. The van der Waals surface area contributed by atoms with Crippen molar-refractivity contribution < 1.29 is 23.4 Å². The van der Waals surface area contributed by atoms with E-state index in [1.807, 2.05) is 6.07 Å². The van der Waals surface area contributed by atoms with E-state index in [0.29, 0.717) is 59.2 Å². The van der Waals surface area contributed by atoms with E-state index < -0.39 is 17.5 Å². The SMILES string of the molecule is C#Cc1cccc2cc(O)cc(-c3nc4c5c(nc(OC[C@@]67CCCN6C[C@@H](F)C7)nc5c3F)N3C[C@@H]5CC[C@@H](N5)[C@H]3CO4)c12. The van der Waals surface area contributed by atoms with E-state index >= 15 is 4.39 Å². The zero-order valence-corrected chi connectivity index (χ0v) is 24.6. The molecule has 5 atom stereocenters. The number of pyridine rings is 1. The van der Waals surface area contributed by atoms with E-state index in [2.05, 4.69) is 26.0 Å². The molecule has 2 bridgehead atoms. The molecule has 0 spiro atoms. The molecule has 9 rings (SSSR count). The second-order valence-electron chi connectivity index (χ2n) is 13.1. The number of aromatic hydroxyl groups is 1. The Morgan fingerprint density at radius 1 is 1.18 bits per heavy atom. The summed E-state index contributed by atoms with van der Waals surface area (Å²) in [4.78, 5) is 18.7. The van der Waals surface area contributed by atoms with Gasteiger partial charge in [0.05, 0.1) is 11.6 Å². The van der Waals surface area contributed by atoms with Crippen molar-refractivity contribution >= 4 is 27.5 Å². The van der Waals surface area contributed by atoms with Crippen LogP contribution in [-0.4, -0.2) is 87.6 Å². The molecule has 0 radical (unpaired) electrons. The minimum Gasteiger partial charge on any atom is -0.508 e. The van der Waals surface area contributed by atoms with Crippen LogP contribution in [0.5, 0.6) is 17.6 Å². The number of fused-ring (bicyclic) bond motifs is 7. The van der Waals surface area contributed by atoms with Crippen molar-refractivity contribution in [3.05, 3.63) is 41.7 Å². The molecule has 5 aliphatic heterocycles. The highest BCUT2D eigenvalue weighted by atomic mass is 19.1. The lowest BCUT2D eigenvalue weighted by molar-refractivity contribution is 0.107. The summed E-state index contributed by atoms with van der Waals surface area (Å²) in [7, 11) is 0. The fourth-order valence-corrected chi connectivity index (χ4v) is 8.53. The Morgan fingerprint density at radius 2 is 2.09 bits per heavy atom. The first-order valence-electron chi connectivity index (χ1n) is 15.7. The summed E-state index contributed by atoms with van der Waals surface area (Å²) in [6, 6.07) is 8.91. The summed E-state index contributed by atoms with van der Waals surface area (Å²) in [5.74, 6) is 2.70. The molecule has 0 saturated carbocycles. The molecule has 4 saturated heterocycles. The van der Waals surface area contributed by atoms with Crippen molar-refractivity contribution in [1.82, 2.24) is 25.2 Å². The number of halogens is 2. The maximum Gasteiger partial charge on any atom is 0.319 e. The van der Waals surface area contributed by atoms with Gasteiger partial charge in [-0.1, -0.05) is 18.1 Å². The zero-order valence-electron chi connectivity index (χ0n) is 24.6. The molecule has 5 aliphatic rings. The number of piperazine rings is 1. The first kappa shape index (κ1) is 27.1. The lowest BCUT2D eigenvalue weighted by Crippen LogP contribution is -2.60. The van der Waals surface area contributed by atoms with Gasteiger partial charge in [-0.25, -0.2) is 13.8 Å². The average Bonchev–Trinajstić information content (AvgIpc) is 3.67. The van der Waals surface area contributed by atoms with Crippen LogP contribution in [0.3, 0.4) is 0 Å². The Bertz CT molecular complexity index is 1930. The predicted octanol–water partition coefficient (Wildman–Crippen LogP) is 4.33. The van der Waals surface area contributed by atoms with Gasteiger partial charge in [0.25, 0.3) is 0 Å². The summed E-state index contributed by atoms with van der Waals surface area (Å²) >= 11 is 0. The van der Waals surface area contributed by atoms with Crippen molar-refractivity contribution in [1.29, 1.82) is 0 Å². The maximum absolute atomic E-state index is 17.0. The molecular formula is C34H32F2N6O3. The number of ether oxygens (including phenoxy) is 2. The summed E-state index contributed by atoms with van der Waals surface area (Å²) < 4.78 is 44.2. The first-order chi connectivity index (χ1) is 21.9. The number of nitrogens with one attached hydrogen (secondary N) is 1. The summed E-state index contributed by atoms with van der Waals surface area (Å²) in [6.07, 6.45) is 9.21. The smallest absolute Gasteiger partial charge is 0.319 e. The van der Waals surface area contributed by atoms with Crippen molar-refractivity contribution in [3.63, 3.8) is 0 Å². The minimum absolute atomic E-state index is 0.0202. The normalized spacial score (nSPS) is 28.5. The van der Waals surface area contributed by atoms with Crippen LogP contribution < -0.4 is 19.7 Å². The number of nitrogens with zero attached hydrogens (tertiary/aromatic N) is 5. The number of phenols is 1. The third kappa shape index (κ3) is 4.08. The van der Waals surface area contributed by atoms with Crippen LogP contribution in [0.1, 0.15) is 37.7 Å². The zero-order chi connectivity index (χ0) is 30.4. The van der Waals surface area contributed by atoms with E-state index in [-0.39, 0.29) is 53.6 Å². The Hall–Kier alpha value is -4.27. The Kier molecular flexibility index (Phi) is 5.93. The van der Waals surface area contributed by atoms with E-state index in [1.165, 1.54) is 6.07 Å². The third-order valence-electron chi connectivity index (χ3n) is 10.5. The van der Waals surface area contributed by atoms with Gasteiger partial charge in [-0.2, -0.15) is 9.97 Å². The molecule has 7 heterocycles.